The van der Waals surface area contributed by atoms with Crippen molar-refractivity contribution < 1.29 is 5.11 Å². The molecule has 3 aliphatic rings. The zero-order valence-corrected chi connectivity index (χ0v) is 19.3. The van der Waals surface area contributed by atoms with Gasteiger partial charge in [0.2, 0.25) is 0 Å². The van der Waals surface area contributed by atoms with Gasteiger partial charge in [-0.15, -0.1) is 0 Å². The maximum absolute atomic E-state index is 11.5. The molecule has 32 heavy (non-hydrogen) atoms. The lowest BCUT2D eigenvalue weighted by Crippen LogP contribution is -2.48. The van der Waals surface area contributed by atoms with Gasteiger partial charge in [0.15, 0.2) is 0 Å². The Labute approximate surface area is 191 Å². The van der Waals surface area contributed by atoms with Crippen LogP contribution < -0.4 is 0 Å². The van der Waals surface area contributed by atoms with Crippen LogP contribution in [0.2, 0.25) is 0 Å². The van der Waals surface area contributed by atoms with Gasteiger partial charge >= 0.3 is 0 Å². The number of aliphatic hydroxyl groups is 1. The van der Waals surface area contributed by atoms with Gasteiger partial charge in [0.25, 0.3) is 0 Å². The molecule has 0 amide bonds. The van der Waals surface area contributed by atoms with Crippen LogP contribution in [0.1, 0.15) is 49.1 Å². The molecule has 0 aliphatic heterocycles. The monoisotopic (exact) mass is 429 g/mol. The summed E-state index contributed by atoms with van der Waals surface area (Å²) in [4.78, 5) is 10.5. The van der Waals surface area contributed by atoms with Gasteiger partial charge in [-0.1, -0.05) is 48.0 Å². The molecule has 168 valence electrons. The summed E-state index contributed by atoms with van der Waals surface area (Å²) >= 11 is 0. The lowest BCUT2D eigenvalue weighted by molar-refractivity contribution is -0.0574. The van der Waals surface area contributed by atoms with Crippen molar-refractivity contribution >= 4 is 16.6 Å². The van der Waals surface area contributed by atoms with Crippen molar-refractivity contribution in [2.24, 2.45) is 11.8 Å². The minimum absolute atomic E-state index is 0.285. The Morgan fingerprint density at radius 1 is 1.09 bits per heavy atom. The number of aryl methyl sites for hydroxylation is 2. The van der Waals surface area contributed by atoms with Gasteiger partial charge in [0.05, 0.1) is 16.6 Å². The van der Waals surface area contributed by atoms with Crippen LogP contribution in [-0.4, -0.2) is 45.7 Å². The highest BCUT2D eigenvalue weighted by Crippen LogP contribution is 2.51. The van der Waals surface area contributed by atoms with E-state index >= 15 is 0 Å². The van der Waals surface area contributed by atoms with Crippen LogP contribution in [0.25, 0.3) is 16.6 Å². The van der Waals surface area contributed by atoms with Gasteiger partial charge in [-0.05, 0) is 81.8 Å². The first-order valence-electron chi connectivity index (χ1n) is 12.1. The number of fused-ring (bicyclic) bond motifs is 3. The topological polar surface area (TPSA) is 52.1 Å². The summed E-state index contributed by atoms with van der Waals surface area (Å²) in [6, 6.07) is 17.1. The first-order chi connectivity index (χ1) is 15.5. The fourth-order valence-corrected chi connectivity index (χ4v) is 5.69. The van der Waals surface area contributed by atoms with Crippen molar-refractivity contribution in [2.75, 3.05) is 20.1 Å². The highest BCUT2D eigenvalue weighted by molar-refractivity contribution is 5.74. The fraction of sp³-hybridized carbons (Fsp3) is 0.464. The van der Waals surface area contributed by atoms with Crippen LogP contribution in [0.5, 0.6) is 0 Å². The first-order valence-corrected chi connectivity index (χ1v) is 12.1. The second kappa shape index (κ2) is 8.84. The van der Waals surface area contributed by atoms with E-state index in [1.165, 1.54) is 23.1 Å². The zero-order valence-electron chi connectivity index (χ0n) is 19.3. The smallest absolute Gasteiger partial charge is 0.107 e. The highest BCUT2D eigenvalue weighted by Gasteiger charge is 2.46. The number of nitrogens with zero attached hydrogens (tertiary/aromatic N) is 2. The second-order valence-corrected chi connectivity index (χ2v) is 10.0. The van der Waals surface area contributed by atoms with Crippen molar-refractivity contribution in [1.82, 2.24) is 14.9 Å². The summed E-state index contributed by atoms with van der Waals surface area (Å²) in [5, 5.41) is 11.5. The van der Waals surface area contributed by atoms with Crippen LogP contribution in [0.3, 0.4) is 0 Å². The summed E-state index contributed by atoms with van der Waals surface area (Å²) in [7, 11) is 2.18. The number of benzene rings is 2. The maximum atomic E-state index is 11.5. The minimum atomic E-state index is -0.551. The van der Waals surface area contributed by atoms with Crippen molar-refractivity contribution in [3.63, 3.8) is 0 Å². The Bertz CT molecular complexity index is 1070. The summed E-state index contributed by atoms with van der Waals surface area (Å²) in [5.74, 6) is 1.84. The van der Waals surface area contributed by atoms with Gasteiger partial charge in [-0.25, -0.2) is 4.98 Å². The summed E-state index contributed by atoms with van der Waals surface area (Å²) in [5.41, 5.74) is 5.71. The Hall–Kier alpha value is -2.43. The summed E-state index contributed by atoms with van der Waals surface area (Å²) in [6.45, 7) is 4.09. The van der Waals surface area contributed by atoms with Crippen molar-refractivity contribution in [1.29, 1.82) is 0 Å². The lowest BCUT2D eigenvalue weighted by Gasteiger charge is -2.48. The molecular formula is C28H35N3O. The Kier molecular flexibility index (Phi) is 5.92. The molecule has 0 unspecified atom stereocenters. The summed E-state index contributed by atoms with van der Waals surface area (Å²) < 4.78 is 0. The second-order valence-electron chi connectivity index (χ2n) is 10.0. The third-order valence-electron chi connectivity index (χ3n) is 7.64. The van der Waals surface area contributed by atoms with Crippen molar-refractivity contribution in [3.8, 4) is 0 Å². The minimum Gasteiger partial charge on any atom is -0.389 e. The van der Waals surface area contributed by atoms with E-state index in [2.05, 4.69) is 71.3 Å². The molecule has 6 rings (SSSR count). The van der Waals surface area contributed by atoms with Gasteiger partial charge in [0, 0.05) is 18.9 Å². The number of allylic oxidation sites excluding steroid dienone is 1. The number of imidazole rings is 1. The third-order valence-corrected chi connectivity index (χ3v) is 7.64. The van der Waals surface area contributed by atoms with E-state index < -0.39 is 5.60 Å². The van der Waals surface area contributed by atoms with Crippen LogP contribution in [0.4, 0.5) is 0 Å². The lowest BCUT2D eigenvalue weighted by atomic mass is 9.61. The molecule has 3 atom stereocenters. The molecule has 2 bridgehead atoms. The molecule has 1 saturated carbocycles. The largest absolute Gasteiger partial charge is 0.389 e. The standard InChI is InChI=1S/C28H35N3O/c1-20-9-11-21(12-10-20)24-18-23-14-13-22(24)19-28(23,32)15-17-31(2)16-5-8-27-29-25-6-3-4-7-26(25)30-27/h3-4,6-7,9-12,18,22-23,32H,5,8,13-17,19H2,1-2H3,(H,29,30)/t22-,23+,28+/m0/s1. The molecule has 0 radical (unpaired) electrons. The van der Waals surface area contributed by atoms with Crippen LogP contribution in [0, 0.1) is 18.8 Å². The van der Waals surface area contributed by atoms with E-state index in [4.69, 9.17) is 0 Å². The predicted octanol–water partition coefficient (Wildman–Crippen LogP) is 5.37. The number of para-hydroxylation sites is 2. The summed E-state index contributed by atoms with van der Waals surface area (Å²) in [6.07, 6.45) is 8.50. The maximum Gasteiger partial charge on any atom is 0.107 e. The van der Waals surface area contributed by atoms with Crippen molar-refractivity contribution in [2.45, 2.75) is 51.0 Å². The average Bonchev–Trinajstić information content (AvgIpc) is 3.21. The SMILES string of the molecule is Cc1ccc(C2=C[C@H]3CC[C@H]2C[C@]3(O)CCN(C)CCCc2nc3ccccc3[nH]2)cc1. The van der Waals surface area contributed by atoms with Crippen LogP contribution in [0.15, 0.2) is 54.6 Å². The highest BCUT2D eigenvalue weighted by atomic mass is 16.3. The molecule has 2 aromatic carbocycles. The van der Waals surface area contributed by atoms with E-state index in [1.54, 1.807) is 0 Å². The molecular weight excluding hydrogens is 394 g/mol. The quantitative estimate of drug-likeness (QED) is 0.506. The molecule has 1 fully saturated rings. The van der Waals surface area contributed by atoms with E-state index in [9.17, 15) is 5.11 Å². The van der Waals surface area contributed by atoms with E-state index in [-0.39, 0.29) is 5.92 Å². The predicted molar refractivity (Wildman–Crippen MR) is 131 cm³/mol. The van der Waals surface area contributed by atoms with Gasteiger partial charge in [-0.2, -0.15) is 0 Å². The molecule has 3 aliphatic carbocycles. The molecule has 0 saturated heterocycles. The van der Waals surface area contributed by atoms with E-state index in [1.807, 2.05) is 12.1 Å². The average molecular weight is 430 g/mol. The molecule has 4 nitrogen and oxygen atoms in total. The zero-order chi connectivity index (χ0) is 22.1. The molecule has 1 aromatic heterocycles. The fourth-order valence-electron chi connectivity index (χ4n) is 5.69. The number of hydrogen-bond donors (Lipinski definition) is 2. The Morgan fingerprint density at radius 3 is 2.66 bits per heavy atom. The van der Waals surface area contributed by atoms with E-state index in [0.717, 1.165) is 62.1 Å². The van der Waals surface area contributed by atoms with Crippen molar-refractivity contribution in [3.05, 3.63) is 71.6 Å². The van der Waals surface area contributed by atoms with Gasteiger partial charge in [0.1, 0.15) is 5.82 Å². The first kappa shape index (κ1) is 21.4. The van der Waals surface area contributed by atoms with Gasteiger partial charge < -0.3 is 15.0 Å². The number of hydrogen-bond acceptors (Lipinski definition) is 3. The number of aromatic amines is 1. The number of aromatic nitrogens is 2. The molecule has 0 spiro atoms. The molecule has 4 heteroatoms. The Morgan fingerprint density at radius 2 is 1.91 bits per heavy atom. The molecule has 2 N–H and O–H groups in total. The molecule has 3 aromatic rings. The molecule has 1 heterocycles. The number of rotatable bonds is 8. The van der Waals surface area contributed by atoms with E-state index in [0.29, 0.717) is 5.92 Å². The van der Waals surface area contributed by atoms with Crippen LogP contribution >= 0.6 is 0 Å². The Balaban J connectivity index is 1.14. The number of nitrogens with one attached hydrogen (secondary N) is 1. The van der Waals surface area contributed by atoms with Gasteiger partial charge in [-0.3, -0.25) is 0 Å². The normalized spacial score (nSPS) is 24.9. The third kappa shape index (κ3) is 4.39. The number of H-pyrrole nitrogens is 1. The van der Waals surface area contributed by atoms with Crippen LogP contribution in [-0.2, 0) is 6.42 Å².